The summed E-state index contributed by atoms with van der Waals surface area (Å²) < 4.78 is 12.7. The first-order valence-corrected chi connectivity index (χ1v) is 11.5. The number of carbonyl (C=O) groups excluding carboxylic acids is 2. The highest BCUT2D eigenvalue weighted by Gasteiger charge is 2.13. The van der Waals surface area contributed by atoms with Crippen molar-refractivity contribution in [3.05, 3.63) is 91.0 Å². The molecular weight excluding hydrogens is 432 g/mol. The van der Waals surface area contributed by atoms with E-state index in [1.807, 2.05) is 19.1 Å². The Morgan fingerprint density at radius 2 is 1.61 bits per heavy atom. The number of hydrogen-bond acceptors (Lipinski definition) is 5. The fourth-order valence-electron chi connectivity index (χ4n) is 3.77. The Morgan fingerprint density at radius 1 is 0.909 bits per heavy atom. The molecule has 0 aliphatic rings. The SMILES string of the molecule is C=CC(=O)OCCCc1ccc(-c2ccc3c(c2)sc2c(C)c(OC(=O)C=C)ccc23)cc1. The highest BCUT2D eigenvalue weighted by molar-refractivity contribution is 7.26. The highest BCUT2D eigenvalue weighted by atomic mass is 32.1. The van der Waals surface area contributed by atoms with Gasteiger partial charge < -0.3 is 9.47 Å². The second-order valence-electron chi connectivity index (χ2n) is 7.68. The third-order valence-electron chi connectivity index (χ3n) is 5.53. The summed E-state index contributed by atoms with van der Waals surface area (Å²) in [5.41, 5.74) is 4.45. The van der Waals surface area contributed by atoms with Crippen LogP contribution in [0.15, 0.2) is 79.9 Å². The molecule has 0 atom stereocenters. The van der Waals surface area contributed by atoms with Gasteiger partial charge in [-0.05, 0) is 54.7 Å². The summed E-state index contributed by atoms with van der Waals surface area (Å²) in [5.74, 6) is -0.276. The Balaban J connectivity index is 1.55. The van der Waals surface area contributed by atoms with Crippen molar-refractivity contribution in [2.75, 3.05) is 6.61 Å². The molecule has 1 aromatic heterocycles. The molecule has 0 spiro atoms. The minimum Gasteiger partial charge on any atom is -0.463 e. The van der Waals surface area contributed by atoms with Gasteiger partial charge in [-0.15, -0.1) is 11.3 Å². The van der Waals surface area contributed by atoms with Crippen LogP contribution in [0.1, 0.15) is 17.5 Å². The Labute approximate surface area is 196 Å². The van der Waals surface area contributed by atoms with E-state index in [4.69, 9.17) is 9.47 Å². The molecule has 33 heavy (non-hydrogen) atoms. The number of aryl methyl sites for hydroxylation is 2. The highest BCUT2D eigenvalue weighted by Crippen LogP contribution is 2.40. The number of benzene rings is 3. The van der Waals surface area contributed by atoms with Crippen molar-refractivity contribution in [3.63, 3.8) is 0 Å². The van der Waals surface area contributed by atoms with Gasteiger partial charge in [-0.2, -0.15) is 0 Å². The summed E-state index contributed by atoms with van der Waals surface area (Å²) >= 11 is 1.70. The largest absolute Gasteiger partial charge is 0.463 e. The molecule has 0 bridgehead atoms. The standard InChI is InChI=1S/C28H24O4S/c1-4-26(29)31-16-6-7-19-8-10-20(11-9-19)21-12-13-22-23-14-15-24(32-27(30)5-2)18(3)28(23)33-25(22)17-21/h4-5,8-15,17H,1-2,6-7,16H2,3H3. The molecule has 5 heteroatoms. The van der Waals surface area contributed by atoms with E-state index in [1.54, 1.807) is 11.3 Å². The number of carbonyl (C=O) groups is 2. The van der Waals surface area contributed by atoms with Gasteiger partial charge in [-0.25, -0.2) is 9.59 Å². The lowest BCUT2D eigenvalue weighted by atomic mass is 10.0. The van der Waals surface area contributed by atoms with E-state index in [2.05, 4.69) is 55.6 Å². The van der Waals surface area contributed by atoms with E-state index in [0.29, 0.717) is 12.4 Å². The average Bonchev–Trinajstić information content (AvgIpc) is 3.22. The zero-order valence-electron chi connectivity index (χ0n) is 18.4. The van der Waals surface area contributed by atoms with E-state index in [1.165, 1.54) is 27.8 Å². The molecule has 0 fully saturated rings. The lowest BCUT2D eigenvalue weighted by molar-refractivity contribution is -0.137. The van der Waals surface area contributed by atoms with E-state index < -0.39 is 5.97 Å². The average molecular weight is 457 g/mol. The van der Waals surface area contributed by atoms with Gasteiger partial charge in [0.15, 0.2) is 0 Å². The summed E-state index contributed by atoms with van der Waals surface area (Å²) in [6.07, 6.45) is 3.97. The van der Waals surface area contributed by atoms with Crippen LogP contribution in [-0.2, 0) is 20.7 Å². The lowest BCUT2D eigenvalue weighted by Crippen LogP contribution is -2.04. The van der Waals surface area contributed by atoms with Gasteiger partial charge in [-0.1, -0.05) is 49.6 Å². The van der Waals surface area contributed by atoms with Gasteiger partial charge in [0.2, 0.25) is 0 Å². The van der Waals surface area contributed by atoms with E-state index in [-0.39, 0.29) is 5.97 Å². The predicted molar refractivity (Wildman–Crippen MR) is 135 cm³/mol. The van der Waals surface area contributed by atoms with Crippen molar-refractivity contribution in [2.24, 2.45) is 0 Å². The van der Waals surface area contributed by atoms with Crippen LogP contribution in [0.4, 0.5) is 0 Å². The molecule has 0 aliphatic carbocycles. The fourth-order valence-corrected chi connectivity index (χ4v) is 5.00. The van der Waals surface area contributed by atoms with Crippen LogP contribution in [0.2, 0.25) is 0 Å². The minimum atomic E-state index is -0.456. The molecule has 4 aromatic rings. The van der Waals surface area contributed by atoms with E-state index >= 15 is 0 Å². The molecule has 0 saturated heterocycles. The Morgan fingerprint density at radius 3 is 2.33 bits per heavy atom. The van der Waals surface area contributed by atoms with Crippen LogP contribution < -0.4 is 4.74 Å². The monoisotopic (exact) mass is 456 g/mol. The van der Waals surface area contributed by atoms with Crippen molar-refractivity contribution in [3.8, 4) is 16.9 Å². The van der Waals surface area contributed by atoms with Crippen molar-refractivity contribution in [1.29, 1.82) is 0 Å². The second-order valence-corrected chi connectivity index (χ2v) is 8.73. The third-order valence-corrected chi connectivity index (χ3v) is 6.81. The molecular formula is C28H24O4S. The van der Waals surface area contributed by atoms with Crippen LogP contribution in [0.25, 0.3) is 31.3 Å². The van der Waals surface area contributed by atoms with Crippen molar-refractivity contribution in [2.45, 2.75) is 19.8 Å². The maximum atomic E-state index is 11.6. The zero-order valence-corrected chi connectivity index (χ0v) is 19.2. The maximum Gasteiger partial charge on any atom is 0.335 e. The number of fused-ring (bicyclic) bond motifs is 3. The van der Waals surface area contributed by atoms with Crippen LogP contribution in [0.5, 0.6) is 5.75 Å². The number of thiophene rings is 1. The van der Waals surface area contributed by atoms with Crippen LogP contribution in [0.3, 0.4) is 0 Å². The molecule has 166 valence electrons. The van der Waals surface area contributed by atoms with Crippen LogP contribution >= 0.6 is 11.3 Å². The first-order valence-electron chi connectivity index (χ1n) is 10.7. The maximum absolute atomic E-state index is 11.6. The van der Waals surface area contributed by atoms with Gasteiger partial charge >= 0.3 is 11.9 Å². The first kappa shape index (κ1) is 22.5. The topological polar surface area (TPSA) is 52.6 Å². The van der Waals surface area contributed by atoms with E-state index in [0.717, 1.165) is 39.6 Å². The predicted octanol–water partition coefficient (Wildman–Crippen LogP) is 6.78. The fraction of sp³-hybridized carbons (Fsp3) is 0.143. The van der Waals surface area contributed by atoms with Gasteiger partial charge in [0, 0.05) is 37.9 Å². The Kier molecular flexibility index (Phi) is 6.71. The second kappa shape index (κ2) is 9.84. The van der Waals surface area contributed by atoms with Crippen molar-refractivity contribution in [1.82, 2.24) is 0 Å². The molecule has 0 amide bonds. The van der Waals surface area contributed by atoms with Gasteiger partial charge in [0.25, 0.3) is 0 Å². The number of esters is 2. The van der Waals surface area contributed by atoms with E-state index in [9.17, 15) is 9.59 Å². The first-order chi connectivity index (χ1) is 16.0. The van der Waals surface area contributed by atoms with Crippen LogP contribution in [-0.4, -0.2) is 18.5 Å². The normalized spacial score (nSPS) is 10.8. The molecule has 1 heterocycles. The van der Waals surface area contributed by atoms with Gasteiger partial charge in [0.05, 0.1) is 6.61 Å². The molecule has 3 aromatic carbocycles. The Hall–Kier alpha value is -3.70. The molecule has 0 N–H and O–H groups in total. The summed E-state index contributed by atoms with van der Waals surface area (Å²) in [7, 11) is 0. The van der Waals surface area contributed by atoms with Gasteiger partial charge in [-0.3, -0.25) is 0 Å². The smallest absolute Gasteiger partial charge is 0.335 e. The van der Waals surface area contributed by atoms with Gasteiger partial charge in [0.1, 0.15) is 5.75 Å². The van der Waals surface area contributed by atoms with Crippen molar-refractivity contribution >= 4 is 43.4 Å². The summed E-state index contributed by atoms with van der Waals surface area (Å²) in [6.45, 7) is 9.22. The number of hydrogen-bond donors (Lipinski definition) is 0. The molecule has 0 saturated carbocycles. The molecule has 4 rings (SSSR count). The molecule has 0 unspecified atom stereocenters. The van der Waals surface area contributed by atoms with Crippen molar-refractivity contribution < 1.29 is 19.1 Å². The Bertz CT molecular complexity index is 1360. The quantitative estimate of drug-likeness (QED) is 0.127. The molecule has 0 radical (unpaired) electrons. The summed E-state index contributed by atoms with van der Waals surface area (Å²) in [4.78, 5) is 22.7. The number of ether oxygens (including phenoxy) is 2. The molecule has 4 nitrogen and oxygen atoms in total. The lowest BCUT2D eigenvalue weighted by Gasteiger charge is -2.06. The number of rotatable bonds is 8. The summed E-state index contributed by atoms with van der Waals surface area (Å²) in [5, 5.41) is 2.35. The molecule has 0 aliphatic heterocycles. The summed E-state index contributed by atoms with van der Waals surface area (Å²) in [6, 6.07) is 18.8. The minimum absolute atomic E-state index is 0.383. The zero-order chi connectivity index (χ0) is 23.4. The third kappa shape index (κ3) is 4.89. The van der Waals surface area contributed by atoms with Crippen LogP contribution in [0, 0.1) is 6.92 Å².